The Morgan fingerprint density at radius 2 is 1.61 bits per heavy atom. The summed E-state index contributed by atoms with van der Waals surface area (Å²) in [7, 11) is -3.54. The molecule has 2 aromatic carbocycles. The predicted octanol–water partition coefficient (Wildman–Crippen LogP) is 4.84. The van der Waals surface area contributed by atoms with Crippen molar-refractivity contribution in [1.29, 1.82) is 0 Å². The van der Waals surface area contributed by atoms with Crippen molar-refractivity contribution in [2.45, 2.75) is 72.5 Å². The normalized spacial score (nSPS) is 13.1. The Hall–Kier alpha value is -2.58. The van der Waals surface area contributed by atoms with Gasteiger partial charge in [0.25, 0.3) is 0 Å². The first-order chi connectivity index (χ1) is 16.8. The van der Waals surface area contributed by atoms with Gasteiger partial charge in [-0.3, -0.25) is 13.9 Å². The maximum absolute atomic E-state index is 13.3. The predicted molar refractivity (Wildman–Crippen MR) is 147 cm³/mol. The summed E-state index contributed by atoms with van der Waals surface area (Å²) in [6, 6.07) is 12.1. The molecule has 0 bridgehead atoms. The number of anilines is 1. The molecule has 0 saturated heterocycles. The first-order valence-corrected chi connectivity index (χ1v) is 14.4. The van der Waals surface area contributed by atoms with Gasteiger partial charge in [-0.25, -0.2) is 8.42 Å². The van der Waals surface area contributed by atoms with Gasteiger partial charge >= 0.3 is 0 Å². The highest BCUT2D eigenvalue weighted by Gasteiger charge is 2.27. The molecule has 0 heterocycles. The van der Waals surface area contributed by atoms with E-state index in [0.717, 1.165) is 23.1 Å². The third-order valence-corrected chi connectivity index (χ3v) is 7.53. The van der Waals surface area contributed by atoms with Crippen LogP contribution in [-0.2, 0) is 26.2 Å². The molecule has 198 valence electrons. The minimum absolute atomic E-state index is 0.00598. The van der Waals surface area contributed by atoms with E-state index in [4.69, 9.17) is 11.6 Å². The zero-order chi connectivity index (χ0) is 27.0. The van der Waals surface area contributed by atoms with E-state index in [1.54, 1.807) is 24.0 Å². The minimum Gasteiger partial charge on any atom is -0.352 e. The second kappa shape index (κ2) is 13.1. The lowest BCUT2D eigenvalue weighted by molar-refractivity contribution is -0.140. The van der Waals surface area contributed by atoms with Crippen molar-refractivity contribution < 1.29 is 18.0 Å². The van der Waals surface area contributed by atoms with Crippen molar-refractivity contribution in [3.8, 4) is 0 Å². The van der Waals surface area contributed by atoms with Crippen molar-refractivity contribution >= 4 is 39.1 Å². The van der Waals surface area contributed by atoms with Gasteiger partial charge in [0.1, 0.15) is 6.04 Å². The molecule has 0 radical (unpaired) electrons. The zero-order valence-electron chi connectivity index (χ0n) is 22.0. The molecule has 36 heavy (non-hydrogen) atoms. The van der Waals surface area contributed by atoms with Crippen LogP contribution in [0.15, 0.2) is 42.5 Å². The highest BCUT2D eigenvalue weighted by Crippen LogP contribution is 2.22. The number of hydrogen-bond donors (Lipinski definition) is 1. The van der Waals surface area contributed by atoms with Crippen molar-refractivity contribution in [2.24, 2.45) is 0 Å². The summed E-state index contributed by atoms with van der Waals surface area (Å²) in [5.74, 6) is -0.440. The number of rotatable bonds is 12. The third kappa shape index (κ3) is 8.82. The van der Waals surface area contributed by atoms with Gasteiger partial charge in [-0.2, -0.15) is 0 Å². The van der Waals surface area contributed by atoms with Crippen molar-refractivity contribution in [3.05, 3.63) is 64.2 Å². The van der Waals surface area contributed by atoms with E-state index in [1.165, 1.54) is 10.6 Å². The Labute approximate surface area is 220 Å². The van der Waals surface area contributed by atoms with Crippen LogP contribution in [0.4, 0.5) is 5.69 Å². The number of benzene rings is 2. The highest BCUT2D eigenvalue weighted by molar-refractivity contribution is 7.92. The summed E-state index contributed by atoms with van der Waals surface area (Å²) in [5, 5.41) is 3.53. The second-order valence-electron chi connectivity index (χ2n) is 9.43. The average Bonchev–Trinajstić information content (AvgIpc) is 2.79. The fraction of sp³-hybridized carbons (Fsp3) is 0.481. The topological polar surface area (TPSA) is 86.8 Å². The Morgan fingerprint density at radius 1 is 1.03 bits per heavy atom. The van der Waals surface area contributed by atoms with E-state index in [-0.39, 0.29) is 37.4 Å². The molecule has 2 rings (SSSR count). The van der Waals surface area contributed by atoms with Gasteiger partial charge in [0.15, 0.2) is 0 Å². The van der Waals surface area contributed by atoms with Crippen LogP contribution in [0.2, 0.25) is 5.02 Å². The number of nitrogens with one attached hydrogen (secondary N) is 1. The van der Waals surface area contributed by atoms with E-state index in [2.05, 4.69) is 5.32 Å². The standard InChI is InChI=1S/C27H38ClN3O4S/c1-7-21(4)29-27(33)22(5)30(18-23-10-12-24(28)13-11-23)26(32)9-8-14-31(36(6,34)35)25-16-19(2)15-20(3)17-25/h10-13,15-17,21-22H,7-9,14,18H2,1-6H3,(H,29,33)/t21-,22+/m0/s1. The molecule has 0 aliphatic heterocycles. The van der Waals surface area contributed by atoms with Crippen LogP contribution >= 0.6 is 11.6 Å². The van der Waals surface area contributed by atoms with Crippen LogP contribution in [0.3, 0.4) is 0 Å². The van der Waals surface area contributed by atoms with Crippen LogP contribution in [0, 0.1) is 13.8 Å². The molecule has 0 spiro atoms. The monoisotopic (exact) mass is 535 g/mol. The van der Waals surface area contributed by atoms with Crippen molar-refractivity contribution in [3.63, 3.8) is 0 Å². The Bertz CT molecular complexity index is 1130. The average molecular weight is 536 g/mol. The van der Waals surface area contributed by atoms with Gasteiger partial charge < -0.3 is 10.2 Å². The molecule has 0 aliphatic carbocycles. The number of sulfonamides is 1. The zero-order valence-corrected chi connectivity index (χ0v) is 23.6. The Morgan fingerprint density at radius 3 is 2.14 bits per heavy atom. The van der Waals surface area contributed by atoms with E-state index in [1.807, 2.05) is 58.0 Å². The van der Waals surface area contributed by atoms with Crippen LogP contribution in [0.25, 0.3) is 0 Å². The molecule has 0 fully saturated rings. The number of aryl methyl sites for hydroxylation is 2. The summed E-state index contributed by atoms with van der Waals surface area (Å²) in [5.41, 5.74) is 3.36. The molecule has 2 atom stereocenters. The van der Waals surface area contributed by atoms with E-state index >= 15 is 0 Å². The smallest absolute Gasteiger partial charge is 0.242 e. The quantitative estimate of drug-likeness (QED) is 0.421. The lowest BCUT2D eigenvalue weighted by Gasteiger charge is -2.30. The summed E-state index contributed by atoms with van der Waals surface area (Å²) in [4.78, 5) is 27.7. The van der Waals surface area contributed by atoms with Crippen molar-refractivity contribution in [2.75, 3.05) is 17.1 Å². The van der Waals surface area contributed by atoms with E-state index < -0.39 is 16.1 Å². The van der Waals surface area contributed by atoms with Gasteiger partial charge in [-0.05, 0) is 81.5 Å². The minimum atomic E-state index is -3.54. The lowest BCUT2D eigenvalue weighted by Crippen LogP contribution is -2.49. The maximum Gasteiger partial charge on any atom is 0.242 e. The molecule has 0 aliphatic rings. The fourth-order valence-electron chi connectivity index (χ4n) is 3.93. The number of carbonyl (C=O) groups excluding carboxylic acids is 2. The van der Waals surface area contributed by atoms with Gasteiger partial charge in [0.2, 0.25) is 21.8 Å². The lowest BCUT2D eigenvalue weighted by atomic mass is 10.1. The van der Waals surface area contributed by atoms with Gasteiger partial charge in [-0.1, -0.05) is 36.7 Å². The number of carbonyl (C=O) groups is 2. The Balaban J connectivity index is 2.19. The van der Waals surface area contributed by atoms with Crippen molar-refractivity contribution in [1.82, 2.24) is 10.2 Å². The molecule has 7 nitrogen and oxygen atoms in total. The summed E-state index contributed by atoms with van der Waals surface area (Å²) in [6.45, 7) is 9.86. The van der Waals surface area contributed by atoms with E-state index in [0.29, 0.717) is 17.1 Å². The number of nitrogens with zero attached hydrogens (tertiary/aromatic N) is 2. The van der Waals surface area contributed by atoms with Crippen LogP contribution in [-0.4, -0.2) is 50.0 Å². The maximum atomic E-state index is 13.3. The highest BCUT2D eigenvalue weighted by atomic mass is 35.5. The van der Waals surface area contributed by atoms with Crippen LogP contribution < -0.4 is 9.62 Å². The third-order valence-electron chi connectivity index (χ3n) is 6.08. The molecule has 1 N–H and O–H groups in total. The molecule has 0 aromatic heterocycles. The molecular weight excluding hydrogens is 498 g/mol. The molecule has 0 unspecified atom stereocenters. The first-order valence-electron chi connectivity index (χ1n) is 12.2. The Kier molecular flexibility index (Phi) is 10.8. The number of amides is 2. The van der Waals surface area contributed by atoms with E-state index in [9.17, 15) is 18.0 Å². The summed E-state index contributed by atoms with van der Waals surface area (Å²) < 4.78 is 26.4. The summed E-state index contributed by atoms with van der Waals surface area (Å²) >= 11 is 6.00. The SMILES string of the molecule is CC[C@H](C)NC(=O)[C@@H](C)N(Cc1ccc(Cl)cc1)C(=O)CCCN(c1cc(C)cc(C)c1)S(C)(=O)=O. The number of hydrogen-bond acceptors (Lipinski definition) is 4. The fourth-order valence-corrected chi connectivity index (χ4v) is 5.01. The molecule has 2 aromatic rings. The second-order valence-corrected chi connectivity index (χ2v) is 11.8. The van der Waals surface area contributed by atoms with Gasteiger partial charge in [0.05, 0.1) is 11.9 Å². The molecule has 0 saturated carbocycles. The summed E-state index contributed by atoms with van der Waals surface area (Å²) in [6.07, 6.45) is 2.37. The molecule has 2 amide bonds. The first kappa shape index (κ1) is 29.6. The molecule has 9 heteroatoms. The van der Waals surface area contributed by atoms with Gasteiger partial charge in [0, 0.05) is 30.6 Å². The van der Waals surface area contributed by atoms with Crippen LogP contribution in [0.5, 0.6) is 0 Å². The van der Waals surface area contributed by atoms with Gasteiger partial charge in [-0.15, -0.1) is 0 Å². The van der Waals surface area contributed by atoms with Crippen LogP contribution in [0.1, 0.15) is 56.7 Å². The number of halogens is 1. The molecular formula is C27H38ClN3O4S. The largest absolute Gasteiger partial charge is 0.352 e.